The van der Waals surface area contributed by atoms with Gasteiger partial charge in [-0.15, -0.1) is 0 Å². The van der Waals surface area contributed by atoms with E-state index in [-0.39, 0.29) is 18.5 Å². The first-order valence-electron chi connectivity index (χ1n) is 20.0. The van der Waals surface area contributed by atoms with Gasteiger partial charge < -0.3 is 9.84 Å². The minimum Gasteiger partial charge on any atom is -0.481 e. The normalized spacial score (nSPS) is 12.0. The highest BCUT2D eigenvalue weighted by Crippen LogP contribution is 2.19. The van der Waals surface area contributed by atoms with Gasteiger partial charge in [0.15, 0.2) is 0 Å². The molecule has 0 fully saturated rings. The molecule has 1 unspecified atom stereocenters. The van der Waals surface area contributed by atoms with E-state index in [9.17, 15) is 9.59 Å². The summed E-state index contributed by atoms with van der Waals surface area (Å²) < 4.78 is 5.92. The first-order valence-corrected chi connectivity index (χ1v) is 20.0. The molecular weight excluding hydrogens is 544 g/mol. The van der Waals surface area contributed by atoms with Gasteiger partial charge in [-0.25, -0.2) is 0 Å². The fourth-order valence-electron chi connectivity index (χ4n) is 6.36. The summed E-state index contributed by atoms with van der Waals surface area (Å²) in [4.78, 5) is 23.2. The van der Waals surface area contributed by atoms with Crippen molar-refractivity contribution in [3.05, 3.63) is 0 Å². The molecule has 1 atom stereocenters. The fourth-order valence-corrected chi connectivity index (χ4v) is 6.36. The van der Waals surface area contributed by atoms with Gasteiger partial charge >= 0.3 is 11.9 Å². The third-order valence-electron chi connectivity index (χ3n) is 9.33. The Morgan fingerprint density at radius 1 is 0.409 bits per heavy atom. The molecule has 0 rings (SSSR count). The number of carboxylic acids is 1. The number of ether oxygens (including phenoxy) is 1. The molecule has 4 heteroatoms. The number of carbonyl (C=O) groups is 2. The van der Waals surface area contributed by atoms with Gasteiger partial charge in [-0.1, -0.05) is 187 Å². The summed E-state index contributed by atoms with van der Waals surface area (Å²) in [5.41, 5.74) is 0. The van der Waals surface area contributed by atoms with E-state index >= 15 is 0 Å². The van der Waals surface area contributed by atoms with Crippen molar-refractivity contribution >= 4 is 11.9 Å². The molecule has 0 heterocycles. The van der Waals surface area contributed by atoms with Gasteiger partial charge in [0.25, 0.3) is 0 Å². The highest BCUT2D eigenvalue weighted by molar-refractivity contribution is 5.69. The number of hydrogen-bond acceptors (Lipinski definition) is 3. The Bertz CT molecular complexity index is 590. The molecule has 1 N–H and O–H groups in total. The summed E-state index contributed by atoms with van der Waals surface area (Å²) in [5, 5.41) is 8.79. The molecule has 0 aromatic heterocycles. The maximum absolute atomic E-state index is 12.5. The lowest BCUT2D eigenvalue weighted by molar-refractivity contribution is -0.150. The fraction of sp³-hybridized carbons (Fsp3) is 0.950. The van der Waals surface area contributed by atoms with Crippen LogP contribution in [0.1, 0.15) is 239 Å². The molecular formula is C40H78O4. The van der Waals surface area contributed by atoms with Gasteiger partial charge in [-0.3, -0.25) is 9.59 Å². The lowest BCUT2D eigenvalue weighted by Crippen LogP contribution is -2.18. The van der Waals surface area contributed by atoms with Crippen molar-refractivity contribution in [2.75, 3.05) is 0 Å². The van der Waals surface area contributed by atoms with Crippen LogP contribution in [0.4, 0.5) is 0 Å². The molecule has 0 aliphatic heterocycles. The molecule has 0 aliphatic rings. The van der Waals surface area contributed by atoms with Crippen LogP contribution in [0.3, 0.4) is 0 Å². The van der Waals surface area contributed by atoms with Crippen molar-refractivity contribution in [3.63, 3.8) is 0 Å². The zero-order chi connectivity index (χ0) is 32.2. The zero-order valence-corrected chi connectivity index (χ0v) is 30.0. The Labute approximate surface area is 275 Å². The predicted molar refractivity (Wildman–Crippen MR) is 190 cm³/mol. The second-order valence-corrected chi connectivity index (χ2v) is 13.8. The smallest absolute Gasteiger partial charge is 0.306 e. The van der Waals surface area contributed by atoms with Crippen LogP contribution < -0.4 is 0 Å². The van der Waals surface area contributed by atoms with Crippen LogP contribution in [0.5, 0.6) is 0 Å². The Morgan fingerprint density at radius 2 is 0.682 bits per heavy atom. The highest BCUT2D eigenvalue weighted by atomic mass is 16.5. The van der Waals surface area contributed by atoms with Crippen LogP contribution in [0.15, 0.2) is 0 Å². The minimum absolute atomic E-state index is 0.0115. The summed E-state index contributed by atoms with van der Waals surface area (Å²) in [6.45, 7) is 4.53. The van der Waals surface area contributed by atoms with Crippen LogP contribution in [-0.4, -0.2) is 23.1 Å². The molecule has 4 nitrogen and oxygen atoms in total. The molecule has 0 aliphatic carbocycles. The molecule has 0 saturated heterocycles. The van der Waals surface area contributed by atoms with Crippen LogP contribution >= 0.6 is 0 Å². The Kier molecular flexibility index (Phi) is 35.5. The van der Waals surface area contributed by atoms with Crippen molar-refractivity contribution < 1.29 is 19.4 Å². The van der Waals surface area contributed by atoms with Gasteiger partial charge in [-0.05, 0) is 38.5 Å². The van der Waals surface area contributed by atoms with E-state index in [1.54, 1.807) is 0 Å². The number of aliphatic carboxylic acids is 1. The first kappa shape index (κ1) is 42.9. The summed E-state index contributed by atoms with van der Waals surface area (Å²) >= 11 is 0. The number of rotatable bonds is 37. The van der Waals surface area contributed by atoms with Crippen LogP contribution in [0.2, 0.25) is 0 Å². The van der Waals surface area contributed by atoms with Gasteiger partial charge in [0.05, 0.1) is 0 Å². The summed E-state index contributed by atoms with van der Waals surface area (Å²) in [6.07, 6.45) is 42.9. The second-order valence-electron chi connectivity index (χ2n) is 13.8. The van der Waals surface area contributed by atoms with Crippen molar-refractivity contribution in [1.82, 2.24) is 0 Å². The van der Waals surface area contributed by atoms with Gasteiger partial charge in [0, 0.05) is 12.8 Å². The van der Waals surface area contributed by atoms with Crippen molar-refractivity contribution in [2.45, 2.75) is 245 Å². The molecule has 0 bridgehead atoms. The molecule has 0 amide bonds. The summed E-state index contributed by atoms with van der Waals surface area (Å²) in [6, 6.07) is 0. The van der Waals surface area contributed by atoms with Gasteiger partial charge in [0.2, 0.25) is 0 Å². The van der Waals surface area contributed by atoms with E-state index in [1.807, 2.05) is 0 Å². The molecule has 0 saturated carbocycles. The molecule has 0 spiro atoms. The third kappa shape index (κ3) is 35.4. The standard InChI is InChI=1S/C40H78O4/c1-3-5-7-9-10-11-12-13-14-15-16-17-18-19-20-21-22-23-24-25-27-33-37-40(43)44-38(34-30-26-8-6-4-2)35-31-28-29-32-36-39(41)42/h38H,3-37H2,1-2H3,(H,41,42). The molecule has 262 valence electrons. The van der Waals surface area contributed by atoms with Gasteiger partial charge in [0.1, 0.15) is 6.10 Å². The van der Waals surface area contributed by atoms with Crippen LogP contribution in [0, 0.1) is 0 Å². The number of carboxylic acid groups (broad SMARTS) is 1. The van der Waals surface area contributed by atoms with Crippen molar-refractivity contribution in [3.8, 4) is 0 Å². The van der Waals surface area contributed by atoms with E-state index in [0.29, 0.717) is 6.42 Å². The van der Waals surface area contributed by atoms with Crippen molar-refractivity contribution in [1.29, 1.82) is 0 Å². The molecule has 0 aromatic rings. The van der Waals surface area contributed by atoms with E-state index < -0.39 is 5.97 Å². The molecule has 0 radical (unpaired) electrons. The van der Waals surface area contributed by atoms with E-state index in [2.05, 4.69) is 13.8 Å². The van der Waals surface area contributed by atoms with Crippen LogP contribution in [-0.2, 0) is 14.3 Å². The first-order chi connectivity index (χ1) is 21.6. The second kappa shape index (κ2) is 36.4. The quantitative estimate of drug-likeness (QED) is 0.0553. The Hall–Kier alpha value is -1.06. The van der Waals surface area contributed by atoms with Crippen LogP contribution in [0.25, 0.3) is 0 Å². The lowest BCUT2D eigenvalue weighted by Gasteiger charge is -2.18. The number of carbonyl (C=O) groups excluding carboxylic acids is 1. The van der Waals surface area contributed by atoms with E-state index in [0.717, 1.165) is 57.8 Å². The topological polar surface area (TPSA) is 63.6 Å². The Morgan fingerprint density at radius 3 is 1.00 bits per heavy atom. The van der Waals surface area contributed by atoms with E-state index in [4.69, 9.17) is 9.84 Å². The molecule has 0 aromatic carbocycles. The average molecular weight is 623 g/mol. The minimum atomic E-state index is -0.709. The summed E-state index contributed by atoms with van der Waals surface area (Å²) in [5.74, 6) is -0.720. The van der Waals surface area contributed by atoms with Crippen molar-refractivity contribution in [2.24, 2.45) is 0 Å². The highest BCUT2D eigenvalue weighted by Gasteiger charge is 2.14. The average Bonchev–Trinajstić information content (AvgIpc) is 3.01. The largest absolute Gasteiger partial charge is 0.481 e. The monoisotopic (exact) mass is 623 g/mol. The number of unbranched alkanes of at least 4 members (excludes halogenated alkanes) is 28. The number of esters is 1. The SMILES string of the molecule is CCCCCCCCCCCCCCCCCCCCCCCCC(=O)OC(CCCCCCC)CCCCCCC(=O)O. The summed E-state index contributed by atoms with van der Waals surface area (Å²) in [7, 11) is 0. The molecule has 44 heavy (non-hydrogen) atoms. The van der Waals surface area contributed by atoms with Gasteiger partial charge in [-0.2, -0.15) is 0 Å². The number of hydrogen-bond donors (Lipinski definition) is 1. The predicted octanol–water partition coefficient (Wildman–Crippen LogP) is 13.7. The lowest BCUT2D eigenvalue weighted by atomic mass is 10.0. The maximum Gasteiger partial charge on any atom is 0.306 e. The van der Waals surface area contributed by atoms with E-state index in [1.165, 1.54) is 154 Å². The zero-order valence-electron chi connectivity index (χ0n) is 30.0. The third-order valence-corrected chi connectivity index (χ3v) is 9.33. The maximum atomic E-state index is 12.5. The Balaban J connectivity index is 3.61.